The van der Waals surface area contributed by atoms with Crippen molar-refractivity contribution in [1.29, 1.82) is 0 Å². The molecule has 1 aromatic rings. The van der Waals surface area contributed by atoms with Crippen LogP contribution in [0.3, 0.4) is 0 Å². The molecule has 0 saturated heterocycles. The molecule has 1 aromatic carbocycles. The Bertz CT molecular complexity index is 417. The van der Waals surface area contributed by atoms with Crippen molar-refractivity contribution in [2.45, 2.75) is 50.3 Å². The second-order valence-electron chi connectivity index (χ2n) is 5.49. The molecule has 1 fully saturated rings. The summed E-state index contributed by atoms with van der Waals surface area (Å²) >= 11 is 2.00. The van der Waals surface area contributed by atoms with Crippen LogP contribution >= 0.6 is 11.8 Å². The van der Waals surface area contributed by atoms with Crippen molar-refractivity contribution in [2.24, 2.45) is 0 Å². The predicted molar refractivity (Wildman–Crippen MR) is 89.8 cm³/mol. The van der Waals surface area contributed by atoms with Crippen molar-refractivity contribution in [1.82, 2.24) is 0 Å². The molecule has 0 aliphatic heterocycles. The van der Waals surface area contributed by atoms with Gasteiger partial charge in [-0.1, -0.05) is 6.92 Å². The minimum atomic E-state index is 0.569. The summed E-state index contributed by atoms with van der Waals surface area (Å²) in [5.74, 6) is 0.868. The van der Waals surface area contributed by atoms with Crippen LogP contribution in [-0.2, 0) is 0 Å². The molecule has 0 spiro atoms. The monoisotopic (exact) mass is 294 g/mol. The van der Waals surface area contributed by atoms with E-state index in [0.717, 1.165) is 35.4 Å². The van der Waals surface area contributed by atoms with E-state index in [1.165, 1.54) is 25.7 Å². The van der Waals surface area contributed by atoms with E-state index in [1.54, 1.807) is 0 Å². The number of hydrogen-bond acceptors (Lipinski definition) is 4. The lowest BCUT2D eigenvalue weighted by Gasteiger charge is -2.29. The lowest BCUT2D eigenvalue weighted by molar-refractivity contribution is 0.317. The molecule has 1 saturated carbocycles. The Labute approximate surface area is 126 Å². The molecular weight excluding hydrogens is 268 g/mol. The summed E-state index contributed by atoms with van der Waals surface area (Å²) in [6.07, 6.45) is 8.32. The summed E-state index contributed by atoms with van der Waals surface area (Å²) in [5, 5.41) is 4.46. The van der Waals surface area contributed by atoms with Crippen molar-refractivity contribution in [2.75, 3.05) is 23.9 Å². The Morgan fingerprint density at radius 2 is 2.00 bits per heavy atom. The molecule has 1 aliphatic carbocycles. The molecule has 0 radical (unpaired) electrons. The summed E-state index contributed by atoms with van der Waals surface area (Å²) in [7, 11) is 0. The highest BCUT2D eigenvalue weighted by atomic mass is 32.2. The summed E-state index contributed by atoms with van der Waals surface area (Å²) in [6, 6.07) is 6.52. The first kappa shape index (κ1) is 15.4. The van der Waals surface area contributed by atoms with Crippen LogP contribution in [-0.4, -0.2) is 24.2 Å². The quantitative estimate of drug-likeness (QED) is 0.774. The van der Waals surface area contributed by atoms with Crippen LogP contribution in [0.5, 0.6) is 5.75 Å². The maximum atomic E-state index is 5.96. The van der Waals surface area contributed by atoms with Gasteiger partial charge in [-0.15, -0.1) is 0 Å². The molecule has 4 heteroatoms. The van der Waals surface area contributed by atoms with Crippen LogP contribution in [0.1, 0.15) is 39.0 Å². The molecule has 0 atom stereocenters. The molecule has 0 aromatic heterocycles. The molecule has 3 N–H and O–H groups in total. The molecule has 0 unspecified atom stereocenters. The fourth-order valence-corrected chi connectivity index (χ4v) is 3.43. The number of nitrogens with one attached hydrogen (secondary N) is 1. The number of ether oxygens (including phenoxy) is 1. The van der Waals surface area contributed by atoms with Gasteiger partial charge in [0.1, 0.15) is 5.75 Å². The molecule has 3 nitrogen and oxygen atoms in total. The predicted octanol–water partition coefficient (Wildman–Crippen LogP) is 4.14. The molecule has 1 aliphatic rings. The third-order valence-electron chi connectivity index (χ3n) is 3.78. The van der Waals surface area contributed by atoms with Crippen LogP contribution in [0.4, 0.5) is 11.4 Å². The first-order valence-electron chi connectivity index (χ1n) is 7.54. The zero-order valence-corrected chi connectivity index (χ0v) is 13.3. The number of benzene rings is 1. The van der Waals surface area contributed by atoms with Crippen molar-refractivity contribution in [3.05, 3.63) is 18.2 Å². The SMILES string of the molecule is CCCOc1cc(N)cc(NC2CCC(SC)CC2)c1. The molecular formula is C16H26N2OS. The Kier molecular flexibility index (Phi) is 5.89. The average Bonchev–Trinajstić information content (AvgIpc) is 2.45. The Balaban J connectivity index is 1.93. The smallest absolute Gasteiger partial charge is 0.123 e. The minimum absolute atomic E-state index is 0.569. The van der Waals surface area contributed by atoms with Crippen molar-refractivity contribution >= 4 is 23.1 Å². The zero-order chi connectivity index (χ0) is 14.4. The van der Waals surface area contributed by atoms with Crippen LogP contribution in [0, 0.1) is 0 Å². The summed E-state index contributed by atoms with van der Waals surface area (Å²) in [4.78, 5) is 0. The highest BCUT2D eigenvalue weighted by Crippen LogP contribution is 2.30. The van der Waals surface area contributed by atoms with E-state index in [9.17, 15) is 0 Å². The van der Waals surface area contributed by atoms with Gasteiger partial charge in [-0.05, 0) is 44.4 Å². The van der Waals surface area contributed by atoms with Gasteiger partial charge in [0.25, 0.3) is 0 Å². The van der Waals surface area contributed by atoms with Gasteiger partial charge >= 0.3 is 0 Å². The molecule has 2 rings (SSSR count). The topological polar surface area (TPSA) is 47.3 Å². The molecule has 0 heterocycles. The second kappa shape index (κ2) is 7.67. The number of nitrogens with two attached hydrogens (primary N) is 1. The van der Waals surface area contributed by atoms with Gasteiger partial charge < -0.3 is 15.8 Å². The number of rotatable bonds is 6. The van der Waals surface area contributed by atoms with Crippen molar-refractivity contribution < 1.29 is 4.74 Å². The van der Waals surface area contributed by atoms with Gasteiger partial charge in [-0.2, -0.15) is 11.8 Å². The summed E-state index contributed by atoms with van der Waals surface area (Å²) in [6.45, 7) is 2.84. The Hall–Kier alpha value is -1.03. The van der Waals surface area contributed by atoms with E-state index in [-0.39, 0.29) is 0 Å². The van der Waals surface area contributed by atoms with Crippen LogP contribution in [0.25, 0.3) is 0 Å². The van der Waals surface area contributed by atoms with E-state index < -0.39 is 0 Å². The van der Waals surface area contributed by atoms with Gasteiger partial charge in [-0.25, -0.2) is 0 Å². The molecule has 20 heavy (non-hydrogen) atoms. The molecule has 0 amide bonds. The zero-order valence-electron chi connectivity index (χ0n) is 12.5. The average molecular weight is 294 g/mol. The molecule has 0 bridgehead atoms. The maximum absolute atomic E-state index is 5.96. The normalized spacial score (nSPS) is 22.5. The number of anilines is 2. The fourth-order valence-electron chi connectivity index (χ4n) is 2.69. The summed E-state index contributed by atoms with van der Waals surface area (Å²) in [5.41, 5.74) is 7.81. The highest BCUT2D eigenvalue weighted by Gasteiger charge is 2.20. The summed E-state index contributed by atoms with van der Waals surface area (Å²) < 4.78 is 5.68. The lowest BCUT2D eigenvalue weighted by atomic mass is 9.95. The first-order chi connectivity index (χ1) is 9.71. The van der Waals surface area contributed by atoms with E-state index in [4.69, 9.17) is 10.5 Å². The van der Waals surface area contributed by atoms with E-state index in [2.05, 4.69) is 24.6 Å². The Morgan fingerprint density at radius 1 is 1.25 bits per heavy atom. The standard InChI is InChI=1S/C16H26N2OS/c1-3-8-19-15-10-12(17)9-14(11-15)18-13-4-6-16(20-2)7-5-13/h9-11,13,16,18H,3-8,17H2,1-2H3. The first-order valence-corrected chi connectivity index (χ1v) is 8.82. The van der Waals surface area contributed by atoms with Gasteiger partial charge in [0.2, 0.25) is 0 Å². The highest BCUT2D eigenvalue weighted by molar-refractivity contribution is 7.99. The molecule has 112 valence electrons. The van der Waals surface area contributed by atoms with Crippen LogP contribution in [0.15, 0.2) is 18.2 Å². The van der Waals surface area contributed by atoms with Gasteiger partial charge in [-0.3, -0.25) is 0 Å². The van der Waals surface area contributed by atoms with E-state index in [0.29, 0.717) is 6.04 Å². The largest absolute Gasteiger partial charge is 0.493 e. The maximum Gasteiger partial charge on any atom is 0.123 e. The number of thioether (sulfide) groups is 1. The van der Waals surface area contributed by atoms with Crippen LogP contribution < -0.4 is 15.8 Å². The van der Waals surface area contributed by atoms with Gasteiger partial charge in [0, 0.05) is 34.8 Å². The Morgan fingerprint density at radius 3 is 2.65 bits per heavy atom. The van der Waals surface area contributed by atoms with Crippen LogP contribution in [0.2, 0.25) is 0 Å². The second-order valence-corrected chi connectivity index (χ2v) is 6.63. The van der Waals surface area contributed by atoms with Gasteiger partial charge in [0.15, 0.2) is 0 Å². The van der Waals surface area contributed by atoms with E-state index >= 15 is 0 Å². The van der Waals surface area contributed by atoms with Crippen molar-refractivity contribution in [3.8, 4) is 5.75 Å². The van der Waals surface area contributed by atoms with Crippen molar-refractivity contribution in [3.63, 3.8) is 0 Å². The number of nitrogen functional groups attached to an aromatic ring is 1. The third-order valence-corrected chi connectivity index (χ3v) is 4.92. The fraction of sp³-hybridized carbons (Fsp3) is 0.625. The number of hydrogen-bond donors (Lipinski definition) is 2. The van der Waals surface area contributed by atoms with Gasteiger partial charge in [0.05, 0.1) is 6.61 Å². The van der Waals surface area contributed by atoms with E-state index in [1.807, 2.05) is 23.9 Å². The lowest BCUT2D eigenvalue weighted by Crippen LogP contribution is -2.27. The third kappa shape index (κ3) is 4.51. The minimum Gasteiger partial charge on any atom is -0.493 e.